The Balaban J connectivity index is 3.12. The van der Waals surface area contributed by atoms with Crippen molar-refractivity contribution in [3.05, 3.63) is 36.7 Å². The van der Waals surface area contributed by atoms with Gasteiger partial charge in [0.1, 0.15) is 10.7 Å². The van der Waals surface area contributed by atoms with Gasteiger partial charge in [0, 0.05) is 13.6 Å². The van der Waals surface area contributed by atoms with Gasteiger partial charge in [0.05, 0.1) is 4.90 Å². The summed E-state index contributed by atoms with van der Waals surface area (Å²) in [5.41, 5.74) is 0. The second kappa shape index (κ2) is 6.65. The van der Waals surface area contributed by atoms with Crippen LogP contribution in [0.2, 0.25) is 0 Å². The van der Waals surface area contributed by atoms with Gasteiger partial charge in [-0.05, 0) is 31.0 Å². The molecular formula is C12H17FN2O4S2. The number of halogens is 1. The molecule has 1 aromatic rings. The average molecular weight is 336 g/mol. The maximum atomic E-state index is 13.9. The topological polar surface area (TPSA) is 97.5 Å². The minimum atomic E-state index is -4.08. The van der Waals surface area contributed by atoms with E-state index in [0.717, 1.165) is 16.4 Å². The van der Waals surface area contributed by atoms with Gasteiger partial charge in [0.15, 0.2) is 0 Å². The number of hydrogen-bond acceptors (Lipinski definition) is 4. The van der Waals surface area contributed by atoms with Gasteiger partial charge in [-0.1, -0.05) is 6.08 Å². The summed E-state index contributed by atoms with van der Waals surface area (Å²) in [4.78, 5) is -1.07. The normalized spacial score (nSPS) is 12.6. The fourth-order valence-corrected chi connectivity index (χ4v) is 3.39. The van der Waals surface area contributed by atoms with E-state index in [1.807, 2.05) is 0 Å². The largest absolute Gasteiger partial charge is 0.245 e. The molecule has 9 heteroatoms. The average Bonchev–Trinajstić information content (AvgIpc) is 2.37. The fraction of sp³-hybridized carbons (Fsp3) is 0.333. The molecule has 2 N–H and O–H groups in total. The second-order valence-electron chi connectivity index (χ2n) is 4.39. The lowest BCUT2D eigenvalue weighted by Crippen LogP contribution is -2.28. The van der Waals surface area contributed by atoms with Crippen molar-refractivity contribution in [2.45, 2.75) is 22.6 Å². The van der Waals surface area contributed by atoms with E-state index in [0.29, 0.717) is 18.9 Å². The van der Waals surface area contributed by atoms with Crippen molar-refractivity contribution in [2.24, 2.45) is 5.14 Å². The highest BCUT2D eigenvalue weighted by Gasteiger charge is 2.25. The summed E-state index contributed by atoms with van der Waals surface area (Å²) >= 11 is 0. The van der Waals surface area contributed by atoms with Gasteiger partial charge in [-0.15, -0.1) is 6.58 Å². The predicted molar refractivity (Wildman–Crippen MR) is 77.0 cm³/mol. The number of sulfonamides is 2. The third kappa shape index (κ3) is 4.34. The molecule has 0 radical (unpaired) electrons. The first-order chi connectivity index (χ1) is 9.60. The van der Waals surface area contributed by atoms with E-state index in [-0.39, 0.29) is 6.54 Å². The third-order valence-corrected chi connectivity index (χ3v) is 5.60. The maximum absolute atomic E-state index is 13.9. The van der Waals surface area contributed by atoms with Crippen LogP contribution in [0, 0.1) is 5.82 Å². The molecule has 1 rings (SSSR count). The lowest BCUT2D eigenvalue weighted by atomic mass is 10.3. The Morgan fingerprint density at radius 2 is 1.95 bits per heavy atom. The van der Waals surface area contributed by atoms with Crippen LogP contribution in [0.1, 0.15) is 12.8 Å². The molecule has 0 saturated carbocycles. The van der Waals surface area contributed by atoms with Crippen LogP contribution in [0.3, 0.4) is 0 Å². The monoisotopic (exact) mass is 336 g/mol. The molecule has 0 unspecified atom stereocenters. The van der Waals surface area contributed by atoms with Gasteiger partial charge >= 0.3 is 0 Å². The van der Waals surface area contributed by atoms with Crippen LogP contribution in [-0.2, 0) is 20.0 Å². The summed E-state index contributed by atoms with van der Waals surface area (Å²) in [5.74, 6) is -1.16. The fourth-order valence-electron chi connectivity index (χ4n) is 1.61. The first-order valence-electron chi connectivity index (χ1n) is 6.00. The third-order valence-electron chi connectivity index (χ3n) is 2.80. The van der Waals surface area contributed by atoms with Crippen LogP contribution in [-0.4, -0.2) is 34.7 Å². The van der Waals surface area contributed by atoms with Crippen LogP contribution in [0.5, 0.6) is 0 Å². The Kier molecular flexibility index (Phi) is 5.62. The van der Waals surface area contributed by atoms with Gasteiger partial charge in [-0.2, -0.15) is 0 Å². The summed E-state index contributed by atoms with van der Waals surface area (Å²) < 4.78 is 61.5. The molecule has 0 aromatic heterocycles. The Labute approximate surface area is 124 Å². The van der Waals surface area contributed by atoms with Crippen LogP contribution in [0.15, 0.2) is 40.6 Å². The highest BCUT2D eigenvalue weighted by Crippen LogP contribution is 2.21. The lowest BCUT2D eigenvalue weighted by Gasteiger charge is -2.17. The molecule has 0 saturated heterocycles. The second-order valence-corrected chi connectivity index (χ2v) is 7.97. The van der Waals surface area contributed by atoms with Gasteiger partial charge < -0.3 is 0 Å². The van der Waals surface area contributed by atoms with Gasteiger partial charge in [0.25, 0.3) is 0 Å². The van der Waals surface area contributed by atoms with Gasteiger partial charge in [0.2, 0.25) is 20.0 Å². The molecular weight excluding hydrogens is 319 g/mol. The number of hydrogen-bond donors (Lipinski definition) is 1. The highest BCUT2D eigenvalue weighted by atomic mass is 32.2. The van der Waals surface area contributed by atoms with Crippen LogP contribution >= 0.6 is 0 Å². The Bertz CT molecular complexity index is 730. The first-order valence-corrected chi connectivity index (χ1v) is 8.99. The van der Waals surface area contributed by atoms with Crippen molar-refractivity contribution >= 4 is 20.0 Å². The van der Waals surface area contributed by atoms with Crippen molar-refractivity contribution in [3.8, 4) is 0 Å². The predicted octanol–water partition coefficient (Wildman–Crippen LogP) is 1.06. The standard InChI is InChI=1S/C12H17FN2O4S2/c1-3-4-5-8-15(2)21(18,19)12-7-6-10(9-11(12)13)20(14,16)17/h3,6-7,9H,1,4-5,8H2,2H3,(H2,14,16,17). The molecule has 0 aliphatic rings. The number of nitrogens with zero attached hydrogens (tertiary/aromatic N) is 1. The summed E-state index contributed by atoms with van der Waals surface area (Å²) in [6.45, 7) is 3.73. The highest BCUT2D eigenvalue weighted by molar-refractivity contribution is 7.89. The summed E-state index contributed by atoms with van der Waals surface area (Å²) in [7, 11) is -6.78. The zero-order valence-electron chi connectivity index (χ0n) is 11.5. The lowest BCUT2D eigenvalue weighted by molar-refractivity contribution is 0.456. The van der Waals surface area contributed by atoms with Crippen LogP contribution < -0.4 is 5.14 Å². The molecule has 1 aromatic carbocycles. The van der Waals surface area contributed by atoms with E-state index in [9.17, 15) is 21.2 Å². The number of rotatable bonds is 7. The van der Waals surface area contributed by atoms with Crippen LogP contribution in [0.25, 0.3) is 0 Å². The van der Waals surface area contributed by atoms with E-state index in [2.05, 4.69) is 6.58 Å². The molecule has 0 aliphatic carbocycles. The Hall–Kier alpha value is -1.29. The van der Waals surface area contributed by atoms with Gasteiger partial charge in [-0.3, -0.25) is 0 Å². The Morgan fingerprint density at radius 3 is 2.43 bits per heavy atom. The molecule has 0 amide bonds. The van der Waals surface area contributed by atoms with Crippen molar-refractivity contribution in [1.29, 1.82) is 0 Å². The zero-order valence-corrected chi connectivity index (χ0v) is 13.1. The van der Waals surface area contributed by atoms with Crippen molar-refractivity contribution < 1.29 is 21.2 Å². The van der Waals surface area contributed by atoms with Gasteiger partial charge in [-0.25, -0.2) is 30.7 Å². The van der Waals surface area contributed by atoms with Crippen molar-refractivity contribution in [2.75, 3.05) is 13.6 Å². The maximum Gasteiger partial charge on any atom is 0.245 e. The molecule has 6 nitrogen and oxygen atoms in total. The number of nitrogens with two attached hydrogens (primary N) is 1. The Morgan fingerprint density at radius 1 is 1.33 bits per heavy atom. The molecule has 118 valence electrons. The molecule has 0 spiro atoms. The summed E-state index contributed by atoms with van der Waals surface area (Å²) in [6, 6.07) is 2.46. The minimum Gasteiger partial charge on any atom is -0.225 e. The van der Waals surface area contributed by atoms with E-state index in [1.165, 1.54) is 7.05 Å². The molecule has 21 heavy (non-hydrogen) atoms. The quantitative estimate of drug-likeness (QED) is 0.594. The summed E-state index contributed by atoms with van der Waals surface area (Å²) in [5, 5.41) is 4.86. The molecule has 0 aliphatic heterocycles. The summed E-state index contributed by atoms with van der Waals surface area (Å²) in [6.07, 6.45) is 2.84. The number of allylic oxidation sites excluding steroid dienone is 1. The van der Waals surface area contributed by atoms with E-state index in [1.54, 1.807) is 6.08 Å². The molecule has 0 fully saturated rings. The number of unbranched alkanes of at least 4 members (excludes halogenated alkanes) is 1. The first kappa shape index (κ1) is 17.8. The van der Waals surface area contributed by atoms with E-state index >= 15 is 0 Å². The molecule has 0 heterocycles. The smallest absolute Gasteiger partial charge is 0.225 e. The minimum absolute atomic E-state index is 0.199. The van der Waals surface area contributed by atoms with Crippen LogP contribution in [0.4, 0.5) is 4.39 Å². The molecule has 0 atom stereocenters. The number of primary sulfonamides is 1. The molecule has 0 bridgehead atoms. The number of benzene rings is 1. The zero-order chi connectivity index (χ0) is 16.3. The van der Waals surface area contributed by atoms with Crippen molar-refractivity contribution in [1.82, 2.24) is 4.31 Å². The van der Waals surface area contributed by atoms with E-state index < -0.39 is 35.7 Å². The van der Waals surface area contributed by atoms with E-state index in [4.69, 9.17) is 5.14 Å². The SMILES string of the molecule is C=CCCCN(C)S(=O)(=O)c1ccc(S(N)(=O)=O)cc1F. The van der Waals surface area contributed by atoms with Crippen molar-refractivity contribution in [3.63, 3.8) is 0 Å².